The maximum Gasteiger partial charge on any atom is 0.123 e. The lowest BCUT2D eigenvalue weighted by molar-refractivity contribution is 0.628. The minimum Gasteiger partial charge on any atom is -0.245 e. The standard InChI is InChI=1S/C10H7FN2/c11-9-3-1-8(2-4-9)10-5-6-12-7-13-10/h1-7H. The Kier molecular flexibility index (Phi) is 2.00. The minimum absolute atomic E-state index is 0.238. The third-order valence-electron chi connectivity index (χ3n) is 1.72. The summed E-state index contributed by atoms with van der Waals surface area (Å²) in [5.74, 6) is -0.238. The van der Waals surface area contributed by atoms with Crippen molar-refractivity contribution in [1.29, 1.82) is 0 Å². The Morgan fingerprint density at radius 3 is 2.38 bits per heavy atom. The molecule has 0 saturated carbocycles. The second kappa shape index (κ2) is 3.31. The molecule has 1 heterocycles. The van der Waals surface area contributed by atoms with E-state index in [1.807, 2.05) is 0 Å². The van der Waals surface area contributed by atoms with E-state index in [4.69, 9.17) is 0 Å². The third kappa shape index (κ3) is 1.69. The van der Waals surface area contributed by atoms with E-state index in [9.17, 15) is 4.39 Å². The van der Waals surface area contributed by atoms with Gasteiger partial charge in [0.25, 0.3) is 0 Å². The van der Waals surface area contributed by atoms with E-state index in [1.54, 1.807) is 24.4 Å². The Hall–Kier alpha value is -1.77. The molecule has 1 aromatic carbocycles. The zero-order valence-electron chi connectivity index (χ0n) is 6.81. The van der Waals surface area contributed by atoms with Crippen molar-refractivity contribution in [3.8, 4) is 11.3 Å². The second-order valence-corrected chi connectivity index (χ2v) is 2.60. The highest BCUT2D eigenvalue weighted by Crippen LogP contribution is 2.15. The maximum atomic E-state index is 12.6. The van der Waals surface area contributed by atoms with E-state index in [0.29, 0.717) is 0 Å². The van der Waals surface area contributed by atoms with Crippen molar-refractivity contribution in [2.75, 3.05) is 0 Å². The molecule has 0 fully saturated rings. The Bertz CT molecular complexity index is 383. The lowest BCUT2D eigenvalue weighted by Crippen LogP contribution is -1.83. The van der Waals surface area contributed by atoms with Crippen LogP contribution < -0.4 is 0 Å². The van der Waals surface area contributed by atoms with Crippen LogP contribution in [0.4, 0.5) is 4.39 Å². The Morgan fingerprint density at radius 1 is 1.00 bits per heavy atom. The highest BCUT2D eigenvalue weighted by molar-refractivity contribution is 5.57. The van der Waals surface area contributed by atoms with E-state index in [-0.39, 0.29) is 5.82 Å². The fourth-order valence-corrected chi connectivity index (χ4v) is 1.08. The number of benzene rings is 1. The molecule has 2 rings (SSSR count). The number of hydrogen-bond acceptors (Lipinski definition) is 2. The van der Waals surface area contributed by atoms with Crippen molar-refractivity contribution in [3.05, 3.63) is 48.7 Å². The molecule has 0 atom stereocenters. The van der Waals surface area contributed by atoms with Gasteiger partial charge in [-0.2, -0.15) is 0 Å². The van der Waals surface area contributed by atoms with E-state index >= 15 is 0 Å². The lowest BCUT2D eigenvalue weighted by Gasteiger charge is -1.98. The van der Waals surface area contributed by atoms with Crippen LogP contribution in [0.15, 0.2) is 42.9 Å². The van der Waals surface area contributed by atoms with Crippen LogP contribution in [-0.2, 0) is 0 Å². The first kappa shape index (κ1) is 7.86. The molecule has 0 aliphatic heterocycles. The van der Waals surface area contributed by atoms with Crippen LogP contribution in [0.3, 0.4) is 0 Å². The molecule has 0 amide bonds. The summed E-state index contributed by atoms with van der Waals surface area (Å²) in [5, 5.41) is 0. The zero-order valence-corrected chi connectivity index (χ0v) is 6.81. The van der Waals surface area contributed by atoms with Gasteiger partial charge in [-0.1, -0.05) is 0 Å². The van der Waals surface area contributed by atoms with Gasteiger partial charge in [-0.05, 0) is 30.3 Å². The van der Waals surface area contributed by atoms with Crippen LogP contribution >= 0.6 is 0 Å². The summed E-state index contributed by atoms with van der Waals surface area (Å²) >= 11 is 0. The molecule has 0 N–H and O–H groups in total. The number of halogens is 1. The average Bonchev–Trinajstić information content (AvgIpc) is 2.20. The first-order valence-electron chi connectivity index (χ1n) is 3.88. The van der Waals surface area contributed by atoms with Crippen molar-refractivity contribution < 1.29 is 4.39 Å². The van der Waals surface area contributed by atoms with Crippen molar-refractivity contribution in [2.45, 2.75) is 0 Å². The predicted octanol–water partition coefficient (Wildman–Crippen LogP) is 2.28. The van der Waals surface area contributed by atoms with Gasteiger partial charge < -0.3 is 0 Å². The molecule has 2 nitrogen and oxygen atoms in total. The van der Waals surface area contributed by atoms with E-state index in [2.05, 4.69) is 9.97 Å². The van der Waals surface area contributed by atoms with Crippen LogP contribution in [0, 0.1) is 5.82 Å². The van der Waals surface area contributed by atoms with Crippen LogP contribution in [-0.4, -0.2) is 9.97 Å². The first-order valence-corrected chi connectivity index (χ1v) is 3.88. The summed E-state index contributed by atoms with van der Waals surface area (Å²) in [6.45, 7) is 0. The molecule has 0 aliphatic carbocycles. The van der Waals surface area contributed by atoms with Gasteiger partial charge in [0, 0.05) is 11.8 Å². The first-order chi connectivity index (χ1) is 6.36. The third-order valence-corrected chi connectivity index (χ3v) is 1.72. The summed E-state index contributed by atoms with van der Waals surface area (Å²) in [7, 11) is 0. The summed E-state index contributed by atoms with van der Waals surface area (Å²) in [6.07, 6.45) is 3.13. The SMILES string of the molecule is Fc1ccc(-c2ccncn2)cc1. The number of aromatic nitrogens is 2. The monoisotopic (exact) mass is 174 g/mol. The number of hydrogen-bond donors (Lipinski definition) is 0. The van der Waals surface area contributed by atoms with Gasteiger partial charge in [0.15, 0.2) is 0 Å². The molecule has 3 heteroatoms. The molecule has 2 aromatic rings. The van der Waals surface area contributed by atoms with Crippen molar-refractivity contribution >= 4 is 0 Å². The molecule has 0 spiro atoms. The van der Waals surface area contributed by atoms with Gasteiger partial charge in [0.2, 0.25) is 0 Å². The molecule has 64 valence electrons. The summed E-state index contributed by atoms with van der Waals surface area (Å²) in [4.78, 5) is 7.85. The van der Waals surface area contributed by atoms with Crippen LogP contribution in [0.25, 0.3) is 11.3 Å². The van der Waals surface area contributed by atoms with Gasteiger partial charge in [0.05, 0.1) is 5.69 Å². The highest BCUT2D eigenvalue weighted by atomic mass is 19.1. The molecule has 0 bridgehead atoms. The zero-order chi connectivity index (χ0) is 9.10. The molecular weight excluding hydrogens is 167 g/mol. The van der Waals surface area contributed by atoms with E-state index in [0.717, 1.165) is 11.3 Å². The number of nitrogens with zero attached hydrogens (tertiary/aromatic N) is 2. The summed E-state index contributed by atoms with van der Waals surface area (Å²) in [5.41, 5.74) is 1.69. The van der Waals surface area contributed by atoms with Crippen LogP contribution in [0.1, 0.15) is 0 Å². The summed E-state index contributed by atoms with van der Waals surface area (Å²) in [6, 6.07) is 8.00. The normalized spacial score (nSPS) is 9.92. The quantitative estimate of drug-likeness (QED) is 0.662. The maximum absolute atomic E-state index is 12.6. The topological polar surface area (TPSA) is 25.8 Å². The fourth-order valence-electron chi connectivity index (χ4n) is 1.08. The second-order valence-electron chi connectivity index (χ2n) is 2.60. The molecule has 13 heavy (non-hydrogen) atoms. The molecule has 0 aliphatic rings. The lowest BCUT2D eigenvalue weighted by atomic mass is 10.1. The molecule has 0 saturated heterocycles. The van der Waals surface area contributed by atoms with Crippen LogP contribution in [0.5, 0.6) is 0 Å². The van der Waals surface area contributed by atoms with Gasteiger partial charge in [-0.15, -0.1) is 0 Å². The fraction of sp³-hybridized carbons (Fsp3) is 0. The average molecular weight is 174 g/mol. The Morgan fingerprint density at radius 2 is 1.77 bits per heavy atom. The molecule has 0 radical (unpaired) electrons. The van der Waals surface area contributed by atoms with Crippen molar-refractivity contribution in [3.63, 3.8) is 0 Å². The Balaban J connectivity index is 2.42. The van der Waals surface area contributed by atoms with Crippen molar-refractivity contribution in [1.82, 2.24) is 9.97 Å². The van der Waals surface area contributed by atoms with E-state index in [1.165, 1.54) is 18.5 Å². The van der Waals surface area contributed by atoms with Gasteiger partial charge in [0.1, 0.15) is 12.1 Å². The predicted molar refractivity (Wildman–Crippen MR) is 47.4 cm³/mol. The largest absolute Gasteiger partial charge is 0.245 e. The molecule has 1 aromatic heterocycles. The van der Waals surface area contributed by atoms with Gasteiger partial charge in [-0.3, -0.25) is 0 Å². The van der Waals surface area contributed by atoms with E-state index < -0.39 is 0 Å². The van der Waals surface area contributed by atoms with Gasteiger partial charge >= 0.3 is 0 Å². The van der Waals surface area contributed by atoms with Crippen LogP contribution in [0.2, 0.25) is 0 Å². The number of rotatable bonds is 1. The van der Waals surface area contributed by atoms with Gasteiger partial charge in [-0.25, -0.2) is 14.4 Å². The molecule has 0 unspecified atom stereocenters. The Labute approximate surface area is 75.1 Å². The minimum atomic E-state index is -0.238. The summed E-state index contributed by atoms with van der Waals surface area (Å²) < 4.78 is 12.6. The highest BCUT2D eigenvalue weighted by Gasteiger charge is 1.97. The smallest absolute Gasteiger partial charge is 0.123 e. The van der Waals surface area contributed by atoms with Crippen molar-refractivity contribution in [2.24, 2.45) is 0 Å². The molecular formula is C10H7FN2.